The van der Waals surface area contributed by atoms with Crippen molar-refractivity contribution in [1.82, 2.24) is 24.6 Å². The van der Waals surface area contributed by atoms with Crippen LogP contribution in [0.15, 0.2) is 84.0 Å². The number of carbonyl (C=O) groups excluding carboxylic acids is 1. The summed E-state index contributed by atoms with van der Waals surface area (Å²) in [6.45, 7) is 1.17. The number of nitrogens with zero attached hydrogens (tertiary/aromatic N) is 4. The Morgan fingerprint density at radius 1 is 1.00 bits per heavy atom. The van der Waals surface area contributed by atoms with Crippen molar-refractivity contribution in [3.8, 4) is 0 Å². The zero-order valence-electron chi connectivity index (χ0n) is 18.3. The van der Waals surface area contributed by atoms with E-state index >= 15 is 0 Å². The van der Waals surface area contributed by atoms with E-state index in [4.69, 9.17) is 11.6 Å². The highest BCUT2D eigenvalue weighted by atomic mass is 35.5. The fourth-order valence-corrected chi connectivity index (χ4v) is 4.30. The summed E-state index contributed by atoms with van der Waals surface area (Å²) in [5.74, 6) is -0.0651. The molecule has 2 aromatic heterocycles. The number of halogens is 1. The number of hydrogen-bond acceptors (Lipinski definition) is 4. The molecule has 0 unspecified atom stereocenters. The fraction of sp³-hybridized carbons (Fsp3) is 0.154. The van der Waals surface area contributed by atoms with Crippen molar-refractivity contribution < 1.29 is 4.79 Å². The van der Waals surface area contributed by atoms with Gasteiger partial charge in [0, 0.05) is 11.6 Å². The van der Waals surface area contributed by atoms with Gasteiger partial charge in [-0.1, -0.05) is 66.2 Å². The SMILES string of the molecule is O=C(Cc1cccc2ccccc12)NCCn1ncc2c(=O)n(Cc3cccc(Cl)c3)cnc21. The van der Waals surface area contributed by atoms with E-state index in [2.05, 4.69) is 15.4 Å². The standard InChI is InChI=1S/C26H22ClN5O2/c27-21-9-3-5-18(13-21)16-31-17-29-25-23(26(31)34)15-30-32(25)12-11-28-24(33)14-20-8-4-7-19-6-1-2-10-22(19)20/h1-10,13,15,17H,11-12,14,16H2,(H,28,33). The first-order chi connectivity index (χ1) is 16.6. The van der Waals surface area contributed by atoms with Gasteiger partial charge in [-0.3, -0.25) is 14.2 Å². The van der Waals surface area contributed by atoms with Crippen LogP contribution in [0.1, 0.15) is 11.1 Å². The van der Waals surface area contributed by atoms with Crippen LogP contribution in [0.2, 0.25) is 5.02 Å². The van der Waals surface area contributed by atoms with E-state index in [1.807, 2.05) is 60.7 Å². The van der Waals surface area contributed by atoms with Gasteiger partial charge in [-0.25, -0.2) is 9.67 Å². The largest absolute Gasteiger partial charge is 0.354 e. The molecule has 0 aliphatic heterocycles. The number of carbonyl (C=O) groups is 1. The van der Waals surface area contributed by atoms with Gasteiger partial charge in [0.05, 0.1) is 25.7 Å². The molecule has 0 spiro atoms. The number of benzene rings is 3. The molecule has 3 aromatic carbocycles. The van der Waals surface area contributed by atoms with Crippen LogP contribution in [0.5, 0.6) is 0 Å². The third kappa shape index (κ3) is 4.56. The molecule has 1 amide bonds. The van der Waals surface area contributed by atoms with Crippen LogP contribution >= 0.6 is 11.6 Å². The summed E-state index contributed by atoms with van der Waals surface area (Å²) in [4.78, 5) is 29.9. The Morgan fingerprint density at radius 2 is 1.82 bits per heavy atom. The summed E-state index contributed by atoms with van der Waals surface area (Å²) in [5, 5.41) is 10.5. The average molecular weight is 472 g/mol. The molecule has 0 radical (unpaired) electrons. The summed E-state index contributed by atoms with van der Waals surface area (Å²) in [6, 6.07) is 21.4. The number of nitrogens with one attached hydrogen (secondary N) is 1. The second kappa shape index (κ2) is 9.49. The predicted octanol–water partition coefficient (Wildman–Crippen LogP) is 3.81. The minimum Gasteiger partial charge on any atom is -0.354 e. The molecule has 0 bridgehead atoms. The van der Waals surface area contributed by atoms with Crippen molar-refractivity contribution in [2.75, 3.05) is 6.54 Å². The van der Waals surface area contributed by atoms with E-state index in [1.165, 1.54) is 17.1 Å². The third-order valence-corrected chi connectivity index (χ3v) is 5.98. The molecule has 0 saturated heterocycles. The maximum absolute atomic E-state index is 12.9. The molecule has 0 fully saturated rings. The van der Waals surface area contributed by atoms with Crippen LogP contribution in [0, 0.1) is 0 Å². The summed E-state index contributed by atoms with van der Waals surface area (Å²) in [7, 11) is 0. The van der Waals surface area contributed by atoms with Crippen LogP contribution < -0.4 is 10.9 Å². The number of aromatic nitrogens is 4. The second-order valence-corrected chi connectivity index (χ2v) is 8.51. The Balaban J connectivity index is 1.24. The first-order valence-corrected chi connectivity index (χ1v) is 11.3. The van der Waals surface area contributed by atoms with Gasteiger partial charge in [-0.2, -0.15) is 5.10 Å². The molecule has 5 rings (SSSR count). The minimum atomic E-state index is -0.170. The van der Waals surface area contributed by atoms with Gasteiger partial charge in [0.25, 0.3) is 5.56 Å². The highest BCUT2D eigenvalue weighted by molar-refractivity contribution is 6.30. The summed E-state index contributed by atoms with van der Waals surface area (Å²) in [5.41, 5.74) is 2.23. The van der Waals surface area contributed by atoms with Crippen LogP contribution in [0.4, 0.5) is 0 Å². The van der Waals surface area contributed by atoms with Crippen molar-refractivity contribution in [1.29, 1.82) is 0 Å². The number of rotatable bonds is 7. The molecular formula is C26H22ClN5O2. The molecule has 0 atom stereocenters. The molecule has 5 aromatic rings. The maximum atomic E-state index is 12.9. The van der Waals surface area contributed by atoms with E-state index < -0.39 is 0 Å². The summed E-state index contributed by atoms with van der Waals surface area (Å²) < 4.78 is 3.17. The quantitative estimate of drug-likeness (QED) is 0.391. The lowest BCUT2D eigenvalue weighted by molar-refractivity contribution is -0.120. The van der Waals surface area contributed by atoms with Crippen molar-refractivity contribution in [3.05, 3.63) is 106 Å². The van der Waals surface area contributed by atoms with Gasteiger partial charge in [-0.15, -0.1) is 0 Å². The lowest BCUT2D eigenvalue weighted by Gasteiger charge is -2.09. The predicted molar refractivity (Wildman–Crippen MR) is 133 cm³/mol. The van der Waals surface area contributed by atoms with Gasteiger partial charge in [-0.05, 0) is 34.0 Å². The van der Waals surface area contributed by atoms with E-state index in [9.17, 15) is 9.59 Å². The van der Waals surface area contributed by atoms with Crippen LogP contribution in [0.25, 0.3) is 21.8 Å². The molecular weight excluding hydrogens is 450 g/mol. The molecule has 2 heterocycles. The Bertz CT molecular complexity index is 1550. The van der Waals surface area contributed by atoms with Gasteiger partial charge in [0.2, 0.25) is 5.91 Å². The van der Waals surface area contributed by atoms with Crippen molar-refractivity contribution in [2.45, 2.75) is 19.5 Å². The van der Waals surface area contributed by atoms with Crippen molar-refractivity contribution >= 4 is 39.3 Å². The highest BCUT2D eigenvalue weighted by Gasteiger charge is 2.12. The van der Waals surface area contributed by atoms with Crippen molar-refractivity contribution in [2.24, 2.45) is 0 Å². The number of amides is 1. The summed E-state index contributed by atoms with van der Waals surface area (Å²) >= 11 is 6.04. The van der Waals surface area contributed by atoms with Crippen LogP contribution in [0.3, 0.4) is 0 Å². The Labute approximate surface area is 200 Å². The van der Waals surface area contributed by atoms with Crippen LogP contribution in [-0.4, -0.2) is 31.8 Å². The summed E-state index contributed by atoms with van der Waals surface area (Å²) in [6.07, 6.45) is 3.34. The lowest BCUT2D eigenvalue weighted by atomic mass is 10.0. The van der Waals surface area contributed by atoms with E-state index in [0.29, 0.717) is 42.1 Å². The van der Waals surface area contributed by atoms with Gasteiger partial charge >= 0.3 is 0 Å². The van der Waals surface area contributed by atoms with Gasteiger partial charge < -0.3 is 5.32 Å². The minimum absolute atomic E-state index is 0.0651. The lowest BCUT2D eigenvalue weighted by Crippen LogP contribution is -2.29. The molecule has 1 N–H and O–H groups in total. The van der Waals surface area contributed by atoms with E-state index in [-0.39, 0.29) is 11.5 Å². The molecule has 0 aliphatic rings. The van der Waals surface area contributed by atoms with Crippen LogP contribution in [-0.2, 0) is 24.3 Å². The molecule has 34 heavy (non-hydrogen) atoms. The molecule has 0 saturated carbocycles. The highest BCUT2D eigenvalue weighted by Crippen LogP contribution is 2.19. The fourth-order valence-electron chi connectivity index (χ4n) is 4.09. The van der Waals surface area contributed by atoms with Gasteiger partial charge in [0.1, 0.15) is 11.7 Å². The molecule has 7 nitrogen and oxygen atoms in total. The first-order valence-electron chi connectivity index (χ1n) is 11.0. The van der Waals surface area contributed by atoms with Gasteiger partial charge in [0.15, 0.2) is 5.65 Å². The third-order valence-electron chi connectivity index (χ3n) is 5.74. The molecule has 8 heteroatoms. The smallest absolute Gasteiger partial charge is 0.264 e. The Morgan fingerprint density at radius 3 is 2.71 bits per heavy atom. The first kappa shape index (κ1) is 21.9. The zero-order valence-corrected chi connectivity index (χ0v) is 19.1. The topological polar surface area (TPSA) is 81.8 Å². The monoisotopic (exact) mass is 471 g/mol. The normalized spacial score (nSPS) is 11.2. The maximum Gasteiger partial charge on any atom is 0.264 e. The number of hydrogen-bond donors (Lipinski definition) is 1. The molecule has 170 valence electrons. The average Bonchev–Trinajstić information content (AvgIpc) is 3.25. The van der Waals surface area contributed by atoms with Crippen molar-refractivity contribution in [3.63, 3.8) is 0 Å². The Kier molecular flexibility index (Phi) is 6.10. The second-order valence-electron chi connectivity index (χ2n) is 8.08. The zero-order chi connectivity index (χ0) is 23.5. The molecule has 0 aliphatic carbocycles. The van der Waals surface area contributed by atoms with E-state index in [1.54, 1.807) is 10.7 Å². The van der Waals surface area contributed by atoms with E-state index in [0.717, 1.165) is 21.9 Å². The Hall–Kier alpha value is -3.97. The number of fused-ring (bicyclic) bond motifs is 2.